The highest BCUT2D eigenvalue weighted by Crippen LogP contribution is 2.15. The van der Waals surface area contributed by atoms with Gasteiger partial charge in [0.2, 0.25) is 0 Å². The zero-order valence-electron chi connectivity index (χ0n) is 37.4. The number of aromatic nitrogens is 2. The Bertz CT molecular complexity index is 1100. The summed E-state index contributed by atoms with van der Waals surface area (Å²) in [5.41, 5.74) is 1.21. The predicted octanol–water partition coefficient (Wildman–Crippen LogP) is 7.81. The molecule has 0 aliphatic carbocycles. The molecule has 0 aliphatic rings. The van der Waals surface area contributed by atoms with Crippen molar-refractivity contribution >= 4 is 11.9 Å². The molecule has 0 unspecified atom stereocenters. The van der Waals surface area contributed by atoms with Crippen LogP contribution in [0, 0.1) is 0 Å². The van der Waals surface area contributed by atoms with E-state index < -0.39 is 0 Å². The van der Waals surface area contributed by atoms with E-state index in [1.807, 2.05) is 49.1 Å². The number of unbranched alkanes of at least 4 members (excludes halogenated alkanes) is 29. The zero-order chi connectivity index (χ0) is 40.0. The second-order valence-electron chi connectivity index (χ2n) is 16.5. The summed E-state index contributed by atoms with van der Waals surface area (Å²) in [5.74, 6) is -0.516. The molecule has 58 heavy (non-hydrogen) atoms. The van der Waals surface area contributed by atoms with Crippen molar-refractivity contribution in [2.75, 3.05) is 13.2 Å². The Hall–Kier alpha value is -2.18. The maximum absolute atomic E-state index is 12.5. The van der Waals surface area contributed by atoms with Crippen LogP contribution in [0.4, 0.5) is 0 Å². The maximum atomic E-state index is 12.5. The van der Waals surface area contributed by atoms with Gasteiger partial charge in [0, 0.05) is 37.1 Å². The van der Waals surface area contributed by atoms with Gasteiger partial charge in [-0.1, -0.05) is 168 Å². The number of pyridine rings is 2. The molecule has 0 fully saturated rings. The highest BCUT2D eigenvalue weighted by atomic mass is 35.5. The molecule has 2 aromatic rings. The summed E-state index contributed by atoms with van der Waals surface area (Å²) in [6.45, 7) is 7.38. The Morgan fingerprint density at radius 3 is 0.845 bits per heavy atom. The van der Waals surface area contributed by atoms with Crippen LogP contribution in [-0.2, 0) is 22.6 Å². The maximum Gasteiger partial charge on any atom is 0.338 e. The van der Waals surface area contributed by atoms with Gasteiger partial charge in [-0.2, -0.15) is 0 Å². The van der Waals surface area contributed by atoms with E-state index in [-0.39, 0.29) is 36.8 Å². The summed E-state index contributed by atoms with van der Waals surface area (Å²) in [4.78, 5) is 25.0. The molecule has 8 heteroatoms. The van der Waals surface area contributed by atoms with E-state index in [0.717, 1.165) is 38.8 Å². The Kier molecular flexibility index (Phi) is 40.0. The summed E-state index contributed by atoms with van der Waals surface area (Å²) >= 11 is 0. The zero-order valence-corrected chi connectivity index (χ0v) is 38.9. The van der Waals surface area contributed by atoms with Crippen molar-refractivity contribution < 1.29 is 53.0 Å². The summed E-state index contributed by atoms with van der Waals surface area (Å²) in [6.07, 6.45) is 49.8. The molecule has 0 aromatic carbocycles. The van der Waals surface area contributed by atoms with Crippen molar-refractivity contribution in [3.05, 3.63) is 60.2 Å². The van der Waals surface area contributed by atoms with Crippen LogP contribution in [0.2, 0.25) is 0 Å². The van der Waals surface area contributed by atoms with Crippen LogP contribution in [0.5, 0.6) is 0 Å². The van der Waals surface area contributed by atoms with Gasteiger partial charge >= 0.3 is 11.9 Å². The van der Waals surface area contributed by atoms with E-state index in [1.165, 1.54) is 180 Å². The first-order chi connectivity index (χ1) is 27.6. The smallest absolute Gasteiger partial charge is 0.338 e. The molecule has 0 aliphatic heterocycles. The molecular weight excluding hydrogens is 763 g/mol. The number of nitrogens with zero attached hydrogens (tertiary/aromatic N) is 2. The van der Waals surface area contributed by atoms with E-state index in [0.29, 0.717) is 24.3 Å². The minimum atomic E-state index is -0.258. The van der Waals surface area contributed by atoms with Gasteiger partial charge in [-0.25, -0.2) is 18.7 Å². The summed E-state index contributed by atoms with van der Waals surface area (Å²) in [6, 6.07) is 7.48. The third-order valence-corrected chi connectivity index (χ3v) is 11.3. The van der Waals surface area contributed by atoms with E-state index >= 15 is 0 Å². The van der Waals surface area contributed by atoms with Gasteiger partial charge in [-0.15, -0.1) is 0 Å². The first-order valence-corrected chi connectivity index (χ1v) is 24.0. The minimum absolute atomic E-state index is 0. The largest absolute Gasteiger partial charge is 1.00 e. The van der Waals surface area contributed by atoms with Crippen molar-refractivity contribution in [3.8, 4) is 0 Å². The number of aryl methyl sites for hydroxylation is 2. The SMILES string of the molecule is CCCCCCCCCCCCCCCC[n+]1ccc(C(=O)OCCCCCCOC(=O)c2cc[n+](CCCCCCCCCCCCCCCC)cc2)cc1.[Cl-].[Cl-]. The summed E-state index contributed by atoms with van der Waals surface area (Å²) in [7, 11) is 0. The number of carbonyl (C=O) groups is 2. The molecule has 6 nitrogen and oxygen atoms in total. The third-order valence-electron chi connectivity index (χ3n) is 11.3. The molecule has 0 saturated carbocycles. The summed E-state index contributed by atoms with van der Waals surface area (Å²) < 4.78 is 15.3. The van der Waals surface area contributed by atoms with Crippen LogP contribution >= 0.6 is 0 Å². The van der Waals surface area contributed by atoms with Gasteiger partial charge in [-0.05, 0) is 38.5 Å². The molecule has 2 rings (SSSR count). The van der Waals surface area contributed by atoms with E-state index in [1.54, 1.807) is 0 Å². The van der Waals surface area contributed by atoms with Crippen molar-refractivity contribution in [2.45, 2.75) is 232 Å². The summed E-state index contributed by atoms with van der Waals surface area (Å²) in [5, 5.41) is 0. The van der Waals surface area contributed by atoms with Crippen LogP contribution < -0.4 is 33.9 Å². The number of halogens is 2. The molecule has 2 aromatic heterocycles. The van der Waals surface area contributed by atoms with E-state index in [2.05, 4.69) is 23.0 Å². The minimum Gasteiger partial charge on any atom is -1.00 e. The predicted molar refractivity (Wildman–Crippen MR) is 233 cm³/mol. The van der Waals surface area contributed by atoms with Crippen molar-refractivity contribution in [1.29, 1.82) is 0 Å². The Labute approximate surface area is 369 Å². The Balaban J connectivity index is 0.0000162. The quantitative estimate of drug-likeness (QED) is 0.0392. The van der Waals surface area contributed by atoms with Gasteiger partial charge < -0.3 is 34.3 Å². The molecule has 334 valence electrons. The molecule has 0 saturated heterocycles. The highest BCUT2D eigenvalue weighted by molar-refractivity contribution is 5.89. The van der Waals surface area contributed by atoms with Crippen LogP contribution in [0.25, 0.3) is 0 Å². The van der Waals surface area contributed by atoms with Crippen LogP contribution in [-0.4, -0.2) is 25.2 Å². The first-order valence-electron chi connectivity index (χ1n) is 24.0. The van der Waals surface area contributed by atoms with Crippen LogP contribution in [0.3, 0.4) is 0 Å². The van der Waals surface area contributed by atoms with E-state index in [4.69, 9.17) is 9.47 Å². The molecule has 0 radical (unpaired) electrons. The monoisotopic (exact) mass is 849 g/mol. The standard InChI is InChI=1S/C50H86N2O4.2ClH/c1-3-5-7-9-11-13-15-17-19-21-23-25-27-31-39-51-41-35-47(36-42-51)49(53)55-45-33-29-30-34-46-56-50(54)48-37-43-52(44-38-48)40-32-28-26-24-22-20-18-16-14-12-10-8-6-4-2;;/h35-38,41-44H,3-34,39-40,45-46H2,1-2H3;2*1H/q+2;;/p-2. The fraction of sp³-hybridized carbons (Fsp3) is 0.760. The van der Waals surface area contributed by atoms with Gasteiger partial charge in [0.15, 0.2) is 24.8 Å². The number of hydrogen-bond acceptors (Lipinski definition) is 4. The third kappa shape index (κ3) is 31.7. The lowest BCUT2D eigenvalue weighted by Gasteiger charge is -2.06. The number of esters is 2. The number of hydrogen-bond donors (Lipinski definition) is 0. The molecule has 2 heterocycles. The van der Waals surface area contributed by atoms with Crippen LogP contribution in [0.1, 0.15) is 240 Å². The van der Waals surface area contributed by atoms with Crippen molar-refractivity contribution in [3.63, 3.8) is 0 Å². The molecule has 0 amide bonds. The van der Waals surface area contributed by atoms with Gasteiger partial charge in [0.05, 0.1) is 24.3 Å². The molecule has 0 bridgehead atoms. The van der Waals surface area contributed by atoms with Gasteiger partial charge in [-0.3, -0.25) is 0 Å². The van der Waals surface area contributed by atoms with Crippen molar-refractivity contribution in [1.82, 2.24) is 0 Å². The Morgan fingerprint density at radius 1 is 0.362 bits per heavy atom. The second-order valence-corrected chi connectivity index (χ2v) is 16.5. The second kappa shape index (κ2) is 41.5. The number of rotatable bonds is 39. The van der Waals surface area contributed by atoms with Crippen molar-refractivity contribution in [2.24, 2.45) is 0 Å². The average molecular weight is 850 g/mol. The highest BCUT2D eigenvalue weighted by Gasteiger charge is 2.11. The molecular formula is C50H86Cl2N2O4. The Morgan fingerprint density at radius 2 is 0.586 bits per heavy atom. The molecule has 0 spiro atoms. The van der Waals surface area contributed by atoms with E-state index in [9.17, 15) is 9.59 Å². The lowest BCUT2D eigenvalue weighted by Crippen LogP contribution is -3.00. The topological polar surface area (TPSA) is 60.4 Å². The average Bonchev–Trinajstić information content (AvgIpc) is 3.22. The van der Waals surface area contributed by atoms with Gasteiger partial charge in [0.1, 0.15) is 13.1 Å². The van der Waals surface area contributed by atoms with Gasteiger partial charge in [0.25, 0.3) is 0 Å². The first kappa shape index (κ1) is 55.8. The fourth-order valence-corrected chi connectivity index (χ4v) is 7.52. The number of ether oxygens (including phenoxy) is 2. The number of carbonyl (C=O) groups excluding carboxylic acids is 2. The fourth-order valence-electron chi connectivity index (χ4n) is 7.52. The lowest BCUT2D eigenvalue weighted by atomic mass is 10.0. The lowest BCUT2D eigenvalue weighted by molar-refractivity contribution is -0.697. The van der Waals surface area contributed by atoms with Crippen LogP contribution in [0.15, 0.2) is 49.1 Å². The normalized spacial score (nSPS) is 10.9. The molecule has 0 atom stereocenters. The molecule has 0 N–H and O–H groups in total.